The number of hydrogen-bond acceptors (Lipinski definition) is 6. The molecule has 2 atom stereocenters. The lowest BCUT2D eigenvalue weighted by Crippen LogP contribution is -2.62. The standard InChI is InChI=1S/C19H24N6OS/c20-10-14-4-1-2-5-15(14)11-25-18(23-7-3-6-16(21)12-23)22-17-13-27-9-8-24(17)19(25)26/h1-2,4-5,16-17H,3,6-9,11-13,21H2. The Kier molecular flexibility index (Phi) is 5.23. The van der Waals surface area contributed by atoms with Gasteiger partial charge in [-0.25, -0.2) is 9.79 Å². The molecule has 2 N–H and O–H groups in total. The number of likely N-dealkylation sites (tertiary alicyclic amines) is 1. The lowest BCUT2D eigenvalue weighted by molar-refractivity contribution is 0.139. The van der Waals surface area contributed by atoms with E-state index in [0.717, 1.165) is 36.5 Å². The van der Waals surface area contributed by atoms with Gasteiger partial charge in [0, 0.05) is 37.2 Å². The van der Waals surface area contributed by atoms with E-state index in [1.54, 1.807) is 11.0 Å². The van der Waals surface area contributed by atoms with Crippen molar-refractivity contribution in [2.24, 2.45) is 10.7 Å². The fourth-order valence-electron chi connectivity index (χ4n) is 3.88. The lowest BCUT2D eigenvalue weighted by Gasteiger charge is -2.45. The maximum Gasteiger partial charge on any atom is 0.328 e. The van der Waals surface area contributed by atoms with E-state index in [9.17, 15) is 10.1 Å². The van der Waals surface area contributed by atoms with Gasteiger partial charge in [0.2, 0.25) is 5.96 Å². The fourth-order valence-corrected chi connectivity index (χ4v) is 4.84. The zero-order valence-electron chi connectivity index (χ0n) is 15.3. The van der Waals surface area contributed by atoms with Crippen LogP contribution in [-0.4, -0.2) is 70.0 Å². The average Bonchev–Trinajstić information content (AvgIpc) is 2.70. The second-order valence-electron chi connectivity index (χ2n) is 7.16. The maximum absolute atomic E-state index is 13.3. The molecule has 3 heterocycles. The molecule has 1 aromatic carbocycles. The first kappa shape index (κ1) is 18.1. The number of piperidine rings is 1. The second kappa shape index (κ2) is 7.79. The van der Waals surface area contributed by atoms with Gasteiger partial charge in [-0.1, -0.05) is 18.2 Å². The van der Waals surface area contributed by atoms with Gasteiger partial charge >= 0.3 is 6.03 Å². The third kappa shape index (κ3) is 3.62. The number of nitrogens with two attached hydrogens (primary N) is 1. The summed E-state index contributed by atoms with van der Waals surface area (Å²) >= 11 is 1.84. The van der Waals surface area contributed by atoms with E-state index in [2.05, 4.69) is 11.0 Å². The van der Waals surface area contributed by atoms with E-state index in [4.69, 9.17) is 10.7 Å². The summed E-state index contributed by atoms with van der Waals surface area (Å²) in [6.07, 6.45) is 1.90. The third-order valence-corrected chi connectivity index (χ3v) is 6.30. The molecule has 2 saturated heterocycles. The fraction of sp³-hybridized carbons (Fsp3) is 0.526. The van der Waals surface area contributed by atoms with Gasteiger partial charge in [0.15, 0.2) is 0 Å². The van der Waals surface area contributed by atoms with Crippen molar-refractivity contribution in [3.8, 4) is 6.07 Å². The summed E-state index contributed by atoms with van der Waals surface area (Å²) in [5, 5.41) is 9.43. The molecule has 3 aliphatic rings. The van der Waals surface area contributed by atoms with Crippen molar-refractivity contribution in [2.45, 2.75) is 31.6 Å². The third-order valence-electron chi connectivity index (χ3n) is 5.29. The van der Waals surface area contributed by atoms with Crippen LogP contribution in [0.5, 0.6) is 0 Å². The Morgan fingerprint density at radius 2 is 2.19 bits per heavy atom. The monoisotopic (exact) mass is 384 g/mol. The minimum Gasteiger partial charge on any atom is -0.341 e. The summed E-state index contributed by atoms with van der Waals surface area (Å²) in [7, 11) is 0. The Morgan fingerprint density at radius 1 is 1.33 bits per heavy atom. The van der Waals surface area contributed by atoms with E-state index in [1.807, 2.05) is 34.9 Å². The Bertz CT molecular complexity index is 791. The molecule has 0 aromatic heterocycles. The molecule has 1 aromatic rings. The highest BCUT2D eigenvalue weighted by Crippen LogP contribution is 2.27. The molecule has 0 spiro atoms. The van der Waals surface area contributed by atoms with Crippen molar-refractivity contribution in [1.82, 2.24) is 14.7 Å². The van der Waals surface area contributed by atoms with Gasteiger partial charge in [-0.2, -0.15) is 17.0 Å². The lowest BCUT2D eigenvalue weighted by atomic mass is 10.1. The van der Waals surface area contributed by atoms with Crippen LogP contribution < -0.4 is 5.73 Å². The Balaban J connectivity index is 1.68. The summed E-state index contributed by atoms with van der Waals surface area (Å²) in [6.45, 7) is 2.63. The van der Waals surface area contributed by atoms with Gasteiger partial charge in [-0.05, 0) is 24.5 Å². The van der Waals surface area contributed by atoms with Gasteiger partial charge in [-0.15, -0.1) is 0 Å². The molecule has 2 unspecified atom stereocenters. The minimum atomic E-state index is -0.105. The number of hydrogen-bond donors (Lipinski definition) is 1. The maximum atomic E-state index is 13.3. The first-order valence-electron chi connectivity index (χ1n) is 9.39. The molecule has 7 nitrogen and oxygen atoms in total. The molecule has 142 valence electrons. The predicted octanol–water partition coefficient (Wildman–Crippen LogP) is 1.65. The summed E-state index contributed by atoms with van der Waals surface area (Å²) in [5.41, 5.74) is 7.62. The zero-order valence-corrected chi connectivity index (χ0v) is 16.1. The Hall–Kier alpha value is -2.24. The first-order chi connectivity index (χ1) is 13.2. The molecule has 0 saturated carbocycles. The number of amides is 2. The van der Waals surface area contributed by atoms with Crippen LogP contribution in [0.1, 0.15) is 24.0 Å². The van der Waals surface area contributed by atoms with E-state index in [-0.39, 0.29) is 18.2 Å². The number of urea groups is 1. The molecule has 8 heteroatoms. The number of rotatable bonds is 2. The molecular weight excluding hydrogens is 360 g/mol. The van der Waals surface area contributed by atoms with E-state index in [0.29, 0.717) is 31.2 Å². The molecule has 27 heavy (non-hydrogen) atoms. The first-order valence-corrected chi connectivity index (χ1v) is 10.5. The van der Waals surface area contributed by atoms with Gasteiger partial charge in [0.25, 0.3) is 0 Å². The predicted molar refractivity (Wildman–Crippen MR) is 106 cm³/mol. The highest BCUT2D eigenvalue weighted by Gasteiger charge is 2.39. The molecule has 2 fully saturated rings. The van der Waals surface area contributed by atoms with Crippen molar-refractivity contribution >= 4 is 23.8 Å². The minimum absolute atomic E-state index is 0.0165. The van der Waals surface area contributed by atoms with Crippen molar-refractivity contribution in [3.63, 3.8) is 0 Å². The van der Waals surface area contributed by atoms with Crippen molar-refractivity contribution in [2.75, 3.05) is 31.1 Å². The van der Waals surface area contributed by atoms with E-state index < -0.39 is 0 Å². The number of fused-ring (bicyclic) bond motifs is 1. The molecule has 0 radical (unpaired) electrons. The quantitative estimate of drug-likeness (QED) is 0.837. The highest BCUT2D eigenvalue weighted by molar-refractivity contribution is 7.99. The average molecular weight is 385 g/mol. The number of nitrogens with zero attached hydrogens (tertiary/aromatic N) is 5. The van der Waals surface area contributed by atoms with E-state index >= 15 is 0 Å². The van der Waals surface area contributed by atoms with Crippen LogP contribution in [0.2, 0.25) is 0 Å². The van der Waals surface area contributed by atoms with Gasteiger partial charge in [-0.3, -0.25) is 4.90 Å². The SMILES string of the molecule is N#Cc1ccccc1CN1C(=O)N2CCSCC2N=C1N1CCCC(N)C1. The van der Waals surface area contributed by atoms with Crippen LogP contribution >= 0.6 is 11.8 Å². The van der Waals surface area contributed by atoms with Crippen LogP contribution in [0.4, 0.5) is 4.79 Å². The van der Waals surface area contributed by atoms with Crippen LogP contribution in [0.3, 0.4) is 0 Å². The summed E-state index contributed by atoms with van der Waals surface area (Å²) in [5.74, 6) is 2.48. The number of nitriles is 1. The number of thioether (sulfide) groups is 1. The number of aliphatic imine (C=N–C) groups is 1. The van der Waals surface area contributed by atoms with E-state index in [1.165, 1.54) is 0 Å². The molecule has 2 amide bonds. The largest absolute Gasteiger partial charge is 0.341 e. The summed E-state index contributed by atoms with van der Waals surface area (Å²) < 4.78 is 0. The number of benzene rings is 1. The van der Waals surface area contributed by atoms with Crippen molar-refractivity contribution < 1.29 is 4.79 Å². The van der Waals surface area contributed by atoms with Crippen LogP contribution in [0, 0.1) is 11.3 Å². The van der Waals surface area contributed by atoms with Crippen LogP contribution in [0.15, 0.2) is 29.3 Å². The molecule has 0 bridgehead atoms. The van der Waals surface area contributed by atoms with Crippen molar-refractivity contribution in [1.29, 1.82) is 5.26 Å². The summed E-state index contributed by atoms with van der Waals surface area (Å²) in [4.78, 5) is 24.0. The van der Waals surface area contributed by atoms with Gasteiger partial charge < -0.3 is 15.5 Å². The van der Waals surface area contributed by atoms with Crippen LogP contribution in [0.25, 0.3) is 0 Å². The Morgan fingerprint density at radius 3 is 3.00 bits per heavy atom. The molecule has 4 rings (SSSR count). The number of carbonyl (C=O) groups is 1. The molecular formula is C19H24N6OS. The van der Waals surface area contributed by atoms with Gasteiger partial charge in [0.05, 0.1) is 18.2 Å². The number of guanidine groups is 1. The molecule has 3 aliphatic heterocycles. The second-order valence-corrected chi connectivity index (χ2v) is 8.31. The number of carbonyl (C=O) groups excluding carboxylic acids is 1. The Labute approximate surface area is 163 Å². The zero-order chi connectivity index (χ0) is 18.8. The smallest absolute Gasteiger partial charge is 0.328 e. The topological polar surface area (TPSA) is 89.0 Å². The van der Waals surface area contributed by atoms with Gasteiger partial charge in [0.1, 0.15) is 6.17 Å². The highest BCUT2D eigenvalue weighted by atomic mass is 32.2. The normalized spacial score (nSPS) is 25.7. The van der Waals surface area contributed by atoms with Crippen molar-refractivity contribution in [3.05, 3.63) is 35.4 Å². The van der Waals surface area contributed by atoms with Crippen LogP contribution in [-0.2, 0) is 6.54 Å². The summed E-state index contributed by atoms with van der Waals surface area (Å²) in [6, 6.07) is 9.75. The molecule has 0 aliphatic carbocycles.